The van der Waals surface area contributed by atoms with Gasteiger partial charge in [0.25, 0.3) is 0 Å². The van der Waals surface area contributed by atoms with Crippen LogP contribution in [0.4, 0.5) is 0 Å². The van der Waals surface area contributed by atoms with Crippen LogP contribution >= 0.6 is 12.2 Å². The minimum atomic E-state index is -0.553. The molecule has 1 N–H and O–H groups in total. The molecule has 0 saturated heterocycles. The third-order valence-electron chi connectivity index (χ3n) is 1.44. The zero-order chi connectivity index (χ0) is 9.84. The van der Waals surface area contributed by atoms with Crippen LogP contribution in [0, 0.1) is 16.0 Å². The number of carbonyl (C=O) groups excluding carboxylic acids is 1. The molecule has 0 saturated carbocycles. The number of nitriles is 1. The van der Waals surface area contributed by atoms with E-state index in [0.717, 1.165) is 0 Å². The van der Waals surface area contributed by atoms with Crippen molar-refractivity contribution in [2.45, 2.75) is 0 Å². The van der Waals surface area contributed by atoms with Crippen molar-refractivity contribution in [2.24, 2.45) is 0 Å². The third-order valence-corrected chi connectivity index (χ3v) is 1.67. The molecule has 1 aromatic rings. The number of carbonyl (C=O) groups is 1. The van der Waals surface area contributed by atoms with Gasteiger partial charge in [0.2, 0.25) is 0 Å². The van der Waals surface area contributed by atoms with Gasteiger partial charge in [-0.3, -0.25) is 0 Å². The maximum absolute atomic E-state index is 11.1. The van der Waals surface area contributed by atoms with E-state index in [1.807, 2.05) is 6.07 Å². The van der Waals surface area contributed by atoms with E-state index in [4.69, 9.17) is 17.5 Å². The van der Waals surface area contributed by atoms with Crippen LogP contribution in [0.2, 0.25) is 0 Å². The Labute approximate surface area is 79.8 Å². The highest BCUT2D eigenvalue weighted by Gasteiger charge is 2.10. The first-order valence-electron chi connectivity index (χ1n) is 3.40. The largest absolute Gasteiger partial charge is 0.465 e. The third kappa shape index (κ3) is 1.92. The molecule has 0 aliphatic rings. The van der Waals surface area contributed by atoms with Crippen LogP contribution < -0.4 is 0 Å². The second-order valence-corrected chi connectivity index (χ2v) is 2.65. The topological polar surface area (TPSA) is 65.9 Å². The molecule has 1 aromatic heterocycles. The van der Waals surface area contributed by atoms with Gasteiger partial charge in [-0.15, -0.1) is 0 Å². The van der Waals surface area contributed by atoms with Gasteiger partial charge in [0.15, 0.2) is 0 Å². The highest BCUT2D eigenvalue weighted by Crippen LogP contribution is 2.05. The lowest BCUT2D eigenvalue weighted by Gasteiger charge is -2.00. The number of rotatable bonds is 1. The van der Waals surface area contributed by atoms with Crippen molar-refractivity contribution in [3.05, 3.63) is 28.0 Å². The van der Waals surface area contributed by atoms with Gasteiger partial charge < -0.3 is 9.72 Å². The Morgan fingerprint density at radius 2 is 2.38 bits per heavy atom. The van der Waals surface area contributed by atoms with E-state index in [1.165, 1.54) is 19.2 Å². The molecule has 0 unspecified atom stereocenters. The summed E-state index contributed by atoms with van der Waals surface area (Å²) in [4.78, 5) is 13.7. The van der Waals surface area contributed by atoms with Crippen LogP contribution in [-0.2, 0) is 4.74 Å². The van der Waals surface area contributed by atoms with E-state index in [0.29, 0.717) is 4.64 Å². The first kappa shape index (κ1) is 9.42. The van der Waals surface area contributed by atoms with E-state index in [1.54, 1.807) is 0 Å². The number of ether oxygens (including phenoxy) is 1. The monoisotopic (exact) mass is 194 g/mol. The van der Waals surface area contributed by atoms with Crippen molar-refractivity contribution in [3.8, 4) is 6.07 Å². The van der Waals surface area contributed by atoms with E-state index < -0.39 is 5.97 Å². The molecule has 5 heteroatoms. The van der Waals surface area contributed by atoms with E-state index in [9.17, 15) is 4.79 Å². The molecular weight excluding hydrogens is 188 g/mol. The maximum Gasteiger partial charge on any atom is 0.340 e. The molecule has 0 radical (unpaired) electrons. The fraction of sp³-hybridized carbons (Fsp3) is 0.125. The fourth-order valence-corrected chi connectivity index (χ4v) is 1.01. The van der Waals surface area contributed by atoms with Crippen LogP contribution in [0.3, 0.4) is 0 Å². The summed E-state index contributed by atoms with van der Waals surface area (Å²) in [6.45, 7) is 0. The van der Waals surface area contributed by atoms with Crippen molar-refractivity contribution < 1.29 is 9.53 Å². The van der Waals surface area contributed by atoms with Crippen LogP contribution in [0.25, 0.3) is 0 Å². The van der Waals surface area contributed by atoms with Crippen molar-refractivity contribution in [1.82, 2.24) is 4.98 Å². The average molecular weight is 194 g/mol. The number of nitrogens with one attached hydrogen (secondary N) is 1. The number of pyridine rings is 1. The zero-order valence-corrected chi connectivity index (χ0v) is 7.64. The predicted octanol–water partition coefficient (Wildman–Crippen LogP) is 1.40. The lowest BCUT2D eigenvalue weighted by molar-refractivity contribution is 0.0600. The quantitative estimate of drug-likeness (QED) is 0.542. The zero-order valence-electron chi connectivity index (χ0n) is 6.83. The lowest BCUT2D eigenvalue weighted by atomic mass is 10.2. The second kappa shape index (κ2) is 3.83. The fourth-order valence-electron chi connectivity index (χ4n) is 0.843. The number of H-pyrrole nitrogens is 1. The van der Waals surface area contributed by atoms with Gasteiger partial charge >= 0.3 is 5.97 Å². The van der Waals surface area contributed by atoms with Gasteiger partial charge in [0.05, 0.1) is 12.7 Å². The minimum absolute atomic E-state index is 0.124. The number of nitrogens with zero attached hydrogens (tertiary/aromatic N) is 1. The highest BCUT2D eigenvalue weighted by molar-refractivity contribution is 7.71. The molecule has 0 fully saturated rings. The number of esters is 1. The van der Waals surface area contributed by atoms with Crippen molar-refractivity contribution in [3.63, 3.8) is 0 Å². The summed E-state index contributed by atoms with van der Waals surface area (Å²) < 4.78 is 4.88. The molecular formula is C8H6N2O2S. The van der Waals surface area contributed by atoms with Gasteiger partial charge in [-0.05, 0) is 12.1 Å². The molecule has 1 heterocycles. The van der Waals surface area contributed by atoms with Crippen LogP contribution in [0.5, 0.6) is 0 Å². The van der Waals surface area contributed by atoms with Crippen molar-refractivity contribution >= 4 is 18.2 Å². The van der Waals surface area contributed by atoms with Gasteiger partial charge in [-0.2, -0.15) is 5.26 Å². The molecule has 13 heavy (non-hydrogen) atoms. The van der Waals surface area contributed by atoms with E-state index >= 15 is 0 Å². The smallest absolute Gasteiger partial charge is 0.340 e. The highest BCUT2D eigenvalue weighted by atomic mass is 32.1. The second-order valence-electron chi connectivity index (χ2n) is 2.21. The first-order valence-corrected chi connectivity index (χ1v) is 3.81. The van der Waals surface area contributed by atoms with Gasteiger partial charge in [0, 0.05) is 0 Å². The Kier molecular flexibility index (Phi) is 2.77. The maximum atomic E-state index is 11.1. The Bertz CT molecular complexity index is 431. The summed E-state index contributed by atoms with van der Waals surface area (Å²) >= 11 is 4.79. The Hall–Kier alpha value is -1.67. The summed E-state index contributed by atoms with van der Waals surface area (Å²) in [6, 6.07) is 4.82. The molecule has 0 atom stereocenters. The van der Waals surface area contributed by atoms with Gasteiger partial charge in [-0.1, -0.05) is 12.2 Å². The van der Waals surface area contributed by atoms with Crippen LogP contribution in [0.15, 0.2) is 12.1 Å². The summed E-state index contributed by atoms with van der Waals surface area (Å²) in [7, 11) is 1.26. The summed E-state index contributed by atoms with van der Waals surface area (Å²) in [5.74, 6) is -0.553. The Morgan fingerprint density at radius 3 is 2.92 bits per heavy atom. The Morgan fingerprint density at radius 1 is 1.69 bits per heavy atom. The SMILES string of the molecule is COC(=O)c1ccc(=S)[nH]c1C#N. The standard InChI is InChI=1S/C8H6N2O2S/c1-12-8(11)5-2-3-7(13)10-6(5)4-9/h2-3H,1H3,(H,10,13). The molecule has 66 valence electrons. The number of aromatic amines is 1. The molecule has 0 spiro atoms. The van der Waals surface area contributed by atoms with E-state index in [-0.39, 0.29) is 11.3 Å². The molecule has 0 aliphatic carbocycles. The van der Waals surface area contributed by atoms with Crippen LogP contribution in [0.1, 0.15) is 16.1 Å². The summed E-state index contributed by atoms with van der Waals surface area (Å²) in [5.41, 5.74) is 0.318. The van der Waals surface area contributed by atoms with Gasteiger partial charge in [0.1, 0.15) is 16.4 Å². The normalized spacial score (nSPS) is 8.92. The minimum Gasteiger partial charge on any atom is -0.465 e. The number of methoxy groups -OCH3 is 1. The first-order chi connectivity index (χ1) is 6.19. The Balaban J connectivity index is 3.31. The summed E-state index contributed by atoms with van der Waals surface area (Å²) in [6.07, 6.45) is 0. The summed E-state index contributed by atoms with van der Waals surface area (Å²) in [5, 5.41) is 8.65. The van der Waals surface area contributed by atoms with Crippen LogP contribution in [-0.4, -0.2) is 18.1 Å². The predicted molar refractivity (Wildman–Crippen MR) is 47.7 cm³/mol. The van der Waals surface area contributed by atoms with Crippen molar-refractivity contribution in [1.29, 1.82) is 5.26 Å². The molecule has 0 amide bonds. The number of hydrogen-bond acceptors (Lipinski definition) is 4. The average Bonchev–Trinajstić information content (AvgIpc) is 2.16. The molecule has 1 rings (SSSR count). The van der Waals surface area contributed by atoms with Gasteiger partial charge in [-0.25, -0.2) is 4.79 Å². The molecule has 0 bridgehead atoms. The number of aromatic nitrogens is 1. The number of hydrogen-bond donors (Lipinski definition) is 1. The molecule has 0 aliphatic heterocycles. The van der Waals surface area contributed by atoms with E-state index in [2.05, 4.69) is 9.72 Å². The molecule has 0 aromatic carbocycles. The molecule has 4 nitrogen and oxygen atoms in total. The lowest BCUT2D eigenvalue weighted by Crippen LogP contribution is -2.05. The van der Waals surface area contributed by atoms with Crippen molar-refractivity contribution in [2.75, 3.05) is 7.11 Å².